The number of aldehydes is 1. The summed E-state index contributed by atoms with van der Waals surface area (Å²) >= 11 is 5.92. The van der Waals surface area contributed by atoms with Gasteiger partial charge in [0, 0.05) is 55.1 Å². The van der Waals surface area contributed by atoms with E-state index in [1.54, 1.807) is 18.1 Å². The Balaban J connectivity index is 1.42. The lowest BCUT2D eigenvalue weighted by Crippen LogP contribution is -2.51. The van der Waals surface area contributed by atoms with Gasteiger partial charge in [-0.05, 0) is 66.8 Å². The molecule has 6 atom stereocenters. The summed E-state index contributed by atoms with van der Waals surface area (Å²) in [5.74, 6) is -2.25. The number of hydrogen-bond acceptors (Lipinski definition) is 9. The topological polar surface area (TPSA) is 144 Å². The standard InChI is InChI=1S/C36H41ClF2N4O6/c1-20(18-44)4-3-5-29(43-13-11-22(15-33(43)48)34-26(38)9-8-25(37)35(34)39)28-14-21(10-12-41-28)24-7-6-23(16-27(24)40-2)42-36-31(47)17-30(46)32(19-45)49-36/h6-10,12,14-16,18,20,29-32,36,40,42,45-47H,3-5,11,13,17,19H2,1-2H3/t20?,29?,30?,31?,32-,36?/m1/s1. The van der Waals surface area contributed by atoms with Crippen LogP contribution in [0.25, 0.3) is 16.7 Å². The van der Waals surface area contributed by atoms with Crippen LogP contribution in [0, 0.1) is 17.6 Å². The minimum atomic E-state index is -0.989. The number of ether oxygens (including phenoxy) is 1. The van der Waals surface area contributed by atoms with Gasteiger partial charge in [0.05, 0.1) is 35.0 Å². The van der Waals surface area contributed by atoms with Crippen LogP contribution in [-0.4, -0.2) is 82.1 Å². The molecule has 2 aliphatic heterocycles. The fourth-order valence-electron chi connectivity index (χ4n) is 6.39. The highest BCUT2D eigenvalue weighted by Gasteiger charge is 2.36. The second-order valence-corrected chi connectivity index (χ2v) is 12.9. The summed E-state index contributed by atoms with van der Waals surface area (Å²) in [7, 11) is 1.77. The highest BCUT2D eigenvalue weighted by Crippen LogP contribution is 2.37. The Morgan fingerprint density at radius 2 is 1.94 bits per heavy atom. The molecule has 5 rings (SSSR count). The molecular weight excluding hydrogens is 658 g/mol. The van der Waals surface area contributed by atoms with Crippen LogP contribution in [-0.2, 0) is 14.3 Å². The summed E-state index contributed by atoms with van der Waals surface area (Å²) < 4.78 is 35.2. The van der Waals surface area contributed by atoms with Crippen LogP contribution >= 0.6 is 11.6 Å². The Labute approximate surface area is 288 Å². The van der Waals surface area contributed by atoms with Crippen molar-refractivity contribution in [2.75, 3.05) is 30.8 Å². The first kappa shape index (κ1) is 36.3. The number of aliphatic hydroxyl groups excluding tert-OH is 3. The maximum atomic E-state index is 14.8. The number of rotatable bonds is 13. The van der Waals surface area contributed by atoms with Gasteiger partial charge in [0.2, 0.25) is 5.91 Å². The van der Waals surface area contributed by atoms with E-state index in [1.165, 1.54) is 6.08 Å². The zero-order chi connectivity index (χ0) is 35.2. The molecule has 0 saturated carbocycles. The van der Waals surface area contributed by atoms with Crippen LogP contribution in [0.5, 0.6) is 0 Å². The summed E-state index contributed by atoms with van der Waals surface area (Å²) in [6.45, 7) is 1.65. The zero-order valence-corrected chi connectivity index (χ0v) is 28.0. The van der Waals surface area contributed by atoms with Crippen molar-refractivity contribution in [3.63, 3.8) is 0 Å². The Morgan fingerprint density at radius 3 is 2.65 bits per heavy atom. The van der Waals surface area contributed by atoms with E-state index >= 15 is 0 Å². The Bertz CT molecular complexity index is 1690. The molecule has 3 aromatic rings. The molecule has 2 aromatic carbocycles. The van der Waals surface area contributed by atoms with Gasteiger partial charge in [-0.2, -0.15) is 0 Å². The van der Waals surface area contributed by atoms with Crippen LogP contribution in [0.2, 0.25) is 5.02 Å². The highest BCUT2D eigenvalue weighted by atomic mass is 35.5. The quantitative estimate of drug-likeness (QED) is 0.118. The number of carbonyl (C=O) groups excluding carboxylic acids is 2. The molecule has 0 bridgehead atoms. The molecule has 1 fully saturated rings. The Hall–Kier alpha value is -3.94. The largest absolute Gasteiger partial charge is 0.394 e. The van der Waals surface area contributed by atoms with Gasteiger partial charge in [0.15, 0.2) is 12.0 Å². The van der Waals surface area contributed by atoms with Gasteiger partial charge in [-0.3, -0.25) is 9.78 Å². The van der Waals surface area contributed by atoms with E-state index in [4.69, 9.17) is 16.3 Å². The van der Waals surface area contributed by atoms with Crippen molar-refractivity contribution in [3.8, 4) is 11.1 Å². The average molecular weight is 699 g/mol. The Morgan fingerprint density at radius 1 is 1.14 bits per heavy atom. The molecule has 5 unspecified atom stereocenters. The van der Waals surface area contributed by atoms with Gasteiger partial charge in [-0.1, -0.05) is 31.0 Å². The van der Waals surface area contributed by atoms with Crippen molar-refractivity contribution in [2.24, 2.45) is 5.92 Å². The minimum absolute atomic E-state index is 0.0554. The summed E-state index contributed by atoms with van der Waals surface area (Å²) in [5, 5.41) is 36.1. The molecule has 3 heterocycles. The maximum Gasteiger partial charge on any atom is 0.247 e. The minimum Gasteiger partial charge on any atom is -0.394 e. The van der Waals surface area contributed by atoms with Crippen molar-refractivity contribution in [1.82, 2.24) is 9.88 Å². The molecule has 1 aromatic heterocycles. The van der Waals surface area contributed by atoms with Crippen molar-refractivity contribution in [3.05, 3.63) is 82.7 Å². The van der Waals surface area contributed by atoms with E-state index in [2.05, 4.69) is 15.6 Å². The van der Waals surface area contributed by atoms with Crippen molar-refractivity contribution < 1.29 is 38.4 Å². The molecule has 2 aliphatic rings. The predicted molar refractivity (Wildman–Crippen MR) is 183 cm³/mol. The number of benzene rings is 2. The van der Waals surface area contributed by atoms with Gasteiger partial charge in [0.1, 0.15) is 24.3 Å². The van der Waals surface area contributed by atoms with Crippen LogP contribution in [0.4, 0.5) is 20.2 Å². The first-order chi connectivity index (χ1) is 23.5. The second kappa shape index (κ2) is 16.2. The first-order valence-corrected chi connectivity index (χ1v) is 16.7. The molecule has 0 spiro atoms. The number of amides is 1. The zero-order valence-electron chi connectivity index (χ0n) is 27.3. The fourth-order valence-corrected chi connectivity index (χ4v) is 6.55. The van der Waals surface area contributed by atoms with Crippen molar-refractivity contribution in [1.29, 1.82) is 0 Å². The number of carbonyl (C=O) groups is 2. The third kappa shape index (κ3) is 8.27. The number of nitrogens with zero attached hydrogens (tertiary/aromatic N) is 2. The molecule has 262 valence electrons. The van der Waals surface area contributed by atoms with Gasteiger partial charge >= 0.3 is 0 Å². The number of aromatic nitrogens is 1. The first-order valence-electron chi connectivity index (χ1n) is 16.3. The highest BCUT2D eigenvalue weighted by molar-refractivity contribution is 6.31. The van der Waals surface area contributed by atoms with Crippen molar-refractivity contribution >= 4 is 40.7 Å². The number of aliphatic hydroxyl groups is 3. The second-order valence-electron chi connectivity index (χ2n) is 12.5. The van der Waals surface area contributed by atoms with Gasteiger partial charge in [0.25, 0.3) is 0 Å². The van der Waals surface area contributed by atoms with E-state index in [9.17, 15) is 33.7 Å². The van der Waals surface area contributed by atoms with E-state index < -0.39 is 48.1 Å². The van der Waals surface area contributed by atoms with Crippen LogP contribution in [0.1, 0.15) is 56.3 Å². The molecule has 49 heavy (non-hydrogen) atoms. The fraction of sp³-hybridized carbons (Fsp3) is 0.417. The average Bonchev–Trinajstić information content (AvgIpc) is 3.10. The molecular formula is C36H41ClF2N4O6. The van der Waals surface area contributed by atoms with E-state index in [-0.39, 0.29) is 48.1 Å². The summed E-state index contributed by atoms with van der Waals surface area (Å²) in [4.78, 5) is 31.2. The number of pyridine rings is 1. The summed E-state index contributed by atoms with van der Waals surface area (Å²) in [6.07, 6.45) is 2.23. The number of anilines is 2. The smallest absolute Gasteiger partial charge is 0.247 e. The molecule has 10 nitrogen and oxygen atoms in total. The van der Waals surface area contributed by atoms with Gasteiger partial charge in [-0.25, -0.2) is 8.78 Å². The number of halogens is 3. The summed E-state index contributed by atoms with van der Waals surface area (Å²) in [6, 6.07) is 11.0. The van der Waals surface area contributed by atoms with Crippen LogP contribution in [0.15, 0.2) is 54.7 Å². The molecule has 1 amide bonds. The molecule has 5 N–H and O–H groups in total. The third-order valence-corrected chi connectivity index (χ3v) is 9.40. The molecule has 0 radical (unpaired) electrons. The normalized spacial score (nSPS) is 22.3. The number of hydrogen-bond donors (Lipinski definition) is 5. The number of nitrogens with one attached hydrogen (secondary N) is 2. The Kier molecular flexibility index (Phi) is 12.0. The molecule has 0 aliphatic carbocycles. The SMILES string of the molecule is CNc1cc(NC2O[C@H](CO)C(O)CC2O)ccc1-c1ccnc(C(CCCC(C)C=O)N2CCC(c3c(F)ccc(Cl)c3F)=CC2=O)c1. The summed E-state index contributed by atoms with van der Waals surface area (Å²) in [5.41, 5.74) is 3.58. The molecule has 13 heteroatoms. The van der Waals surface area contributed by atoms with E-state index in [0.717, 1.165) is 35.2 Å². The lowest BCUT2D eigenvalue weighted by Gasteiger charge is -2.37. The van der Waals surface area contributed by atoms with Crippen molar-refractivity contribution in [2.45, 2.75) is 69.6 Å². The molecule has 1 saturated heterocycles. The lowest BCUT2D eigenvalue weighted by atomic mass is 9.93. The van der Waals surface area contributed by atoms with Crippen LogP contribution in [0.3, 0.4) is 0 Å². The van der Waals surface area contributed by atoms with E-state index in [0.29, 0.717) is 30.6 Å². The van der Waals surface area contributed by atoms with Gasteiger partial charge < -0.3 is 40.4 Å². The maximum absolute atomic E-state index is 14.8. The van der Waals surface area contributed by atoms with E-state index in [1.807, 2.05) is 37.3 Å². The predicted octanol–water partition coefficient (Wildman–Crippen LogP) is 5.33. The third-order valence-electron chi connectivity index (χ3n) is 9.11. The van der Waals surface area contributed by atoms with Gasteiger partial charge in [-0.15, -0.1) is 0 Å². The monoisotopic (exact) mass is 698 g/mol. The lowest BCUT2D eigenvalue weighted by molar-refractivity contribution is -0.169. The van der Waals surface area contributed by atoms with Crippen LogP contribution < -0.4 is 10.6 Å².